The van der Waals surface area contributed by atoms with Crippen LogP contribution in [-0.4, -0.2) is 4.98 Å². The molecule has 0 radical (unpaired) electrons. The molecule has 15 heavy (non-hydrogen) atoms. The van der Waals surface area contributed by atoms with Gasteiger partial charge >= 0.3 is 0 Å². The summed E-state index contributed by atoms with van der Waals surface area (Å²) in [5.74, 6) is -0.294. The predicted octanol–water partition coefficient (Wildman–Crippen LogP) is 3.62. The van der Waals surface area contributed by atoms with Gasteiger partial charge in [0.2, 0.25) is 0 Å². The van der Waals surface area contributed by atoms with Crippen LogP contribution in [0.5, 0.6) is 0 Å². The fourth-order valence-electron chi connectivity index (χ4n) is 1.16. The minimum absolute atomic E-state index is 0.172. The second kappa shape index (κ2) is 4.28. The van der Waals surface area contributed by atoms with Crippen LogP contribution in [0.2, 0.25) is 5.02 Å². The first-order chi connectivity index (χ1) is 7.25. The van der Waals surface area contributed by atoms with Gasteiger partial charge in [-0.1, -0.05) is 29.8 Å². The number of nitrogens with one attached hydrogen (secondary N) is 1. The molecule has 2 rings (SSSR count). The van der Waals surface area contributed by atoms with E-state index in [1.54, 1.807) is 0 Å². The fourth-order valence-corrected chi connectivity index (χ4v) is 1.31. The highest BCUT2D eigenvalue weighted by molar-refractivity contribution is 6.30. The first-order valence-electron chi connectivity index (χ1n) is 4.39. The van der Waals surface area contributed by atoms with E-state index in [9.17, 15) is 4.39 Å². The van der Waals surface area contributed by atoms with Crippen molar-refractivity contribution < 1.29 is 4.39 Å². The van der Waals surface area contributed by atoms with Gasteiger partial charge in [-0.15, -0.1) is 0 Å². The lowest BCUT2D eigenvalue weighted by atomic mass is 10.3. The monoisotopic (exact) mass is 222 g/mol. The Kier molecular flexibility index (Phi) is 2.83. The maximum absolute atomic E-state index is 13.3. The summed E-state index contributed by atoms with van der Waals surface area (Å²) >= 11 is 5.59. The van der Waals surface area contributed by atoms with Crippen LogP contribution < -0.4 is 5.32 Å². The highest BCUT2D eigenvalue weighted by Crippen LogP contribution is 2.19. The maximum Gasteiger partial charge on any atom is 0.167 e. The van der Waals surface area contributed by atoms with Gasteiger partial charge in [-0.05, 0) is 18.2 Å². The Morgan fingerprint density at radius 3 is 2.60 bits per heavy atom. The quantitative estimate of drug-likeness (QED) is 0.840. The number of rotatable bonds is 2. The Morgan fingerprint density at radius 2 is 1.93 bits per heavy atom. The molecule has 2 aromatic rings. The number of hydrogen-bond acceptors (Lipinski definition) is 2. The standard InChI is InChI=1S/C11H8ClFN2/c12-8-6-10(13)11(14-7-8)15-9-4-2-1-3-5-9/h1-7H,(H,14,15). The summed E-state index contributed by atoms with van der Waals surface area (Å²) in [6, 6.07) is 10.5. The maximum atomic E-state index is 13.3. The molecular formula is C11H8ClFN2. The third-order valence-corrected chi connectivity index (χ3v) is 2.05. The number of benzene rings is 1. The second-order valence-corrected chi connectivity index (χ2v) is 3.41. The molecule has 0 aliphatic carbocycles. The second-order valence-electron chi connectivity index (χ2n) is 2.97. The Morgan fingerprint density at radius 1 is 1.20 bits per heavy atom. The predicted molar refractivity (Wildman–Crippen MR) is 58.9 cm³/mol. The van der Waals surface area contributed by atoms with E-state index in [0.29, 0.717) is 0 Å². The van der Waals surface area contributed by atoms with E-state index in [1.165, 1.54) is 12.3 Å². The number of hydrogen-bond donors (Lipinski definition) is 1. The van der Waals surface area contributed by atoms with Crippen molar-refractivity contribution in [2.24, 2.45) is 0 Å². The van der Waals surface area contributed by atoms with Crippen molar-refractivity contribution >= 4 is 23.1 Å². The van der Waals surface area contributed by atoms with Crippen molar-refractivity contribution in [2.75, 3.05) is 5.32 Å². The van der Waals surface area contributed by atoms with E-state index in [2.05, 4.69) is 10.3 Å². The highest BCUT2D eigenvalue weighted by Gasteiger charge is 2.03. The van der Waals surface area contributed by atoms with Crippen molar-refractivity contribution in [2.45, 2.75) is 0 Å². The number of pyridine rings is 1. The molecule has 0 amide bonds. The van der Waals surface area contributed by atoms with E-state index >= 15 is 0 Å². The average Bonchev–Trinajstić information content (AvgIpc) is 2.24. The zero-order valence-corrected chi connectivity index (χ0v) is 8.50. The Labute approximate surface area is 91.7 Å². The van der Waals surface area contributed by atoms with Crippen LogP contribution in [0.15, 0.2) is 42.6 Å². The Hall–Kier alpha value is -1.61. The molecule has 1 aromatic carbocycles. The van der Waals surface area contributed by atoms with Crippen molar-refractivity contribution in [1.82, 2.24) is 4.98 Å². The molecule has 0 spiro atoms. The van der Waals surface area contributed by atoms with Gasteiger partial charge in [0, 0.05) is 11.9 Å². The van der Waals surface area contributed by atoms with Gasteiger partial charge in [-0.2, -0.15) is 0 Å². The number of anilines is 2. The van der Waals surface area contributed by atoms with Gasteiger partial charge in [0.05, 0.1) is 5.02 Å². The molecule has 0 aliphatic heterocycles. The van der Waals surface area contributed by atoms with Crippen molar-refractivity contribution in [3.63, 3.8) is 0 Å². The molecule has 0 saturated carbocycles. The molecule has 1 aromatic heterocycles. The molecule has 0 atom stereocenters. The van der Waals surface area contributed by atoms with Crippen LogP contribution in [-0.2, 0) is 0 Å². The summed E-state index contributed by atoms with van der Waals surface area (Å²) in [7, 11) is 0. The number of para-hydroxylation sites is 1. The van der Waals surface area contributed by atoms with Crippen LogP contribution in [0.4, 0.5) is 15.9 Å². The number of nitrogens with zero attached hydrogens (tertiary/aromatic N) is 1. The molecule has 0 saturated heterocycles. The van der Waals surface area contributed by atoms with Gasteiger partial charge < -0.3 is 5.32 Å². The zero-order valence-electron chi connectivity index (χ0n) is 7.74. The average molecular weight is 223 g/mol. The van der Waals surface area contributed by atoms with Gasteiger partial charge in [0.15, 0.2) is 11.6 Å². The van der Waals surface area contributed by atoms with Gasteiger partial charge in [-0.3, -0.25) is 0 Å². The molecule has 0 fully saturated rings. The SMILES string of the molecule is Fc1cc(Cl)cnc1Nc1ccccc1. The lowest BCUT2D eigenvalue weighted by Crippen LogP contribution is -1.96. The Balaban J connectivity index is 2.25. The zero-order chi connectivity index (χ0) is 10.7. The van der Waals surface area contributed by atoms with Gasteiger partial charge in [0.25, 0.3) is 0 Å². The first-order valence-corrected chi connectivity index (χ1v) is 4.76. The van der Waals surface area contributed by atoms with E-state index in [-0.39, 0.29) is 10.8 Å². The van der Waals surface area contributed by atoms with Crippen molar-refractivity contribution in [1.29, 1.82) is 0 Å². The lowest BCUT2D eigenvalue weighted by molar-refractivity contribution is 0.626. The van der Waals surface area contributed by atoms with Gasteiger partial charge in [-0.25, -0.2) is 9.37 Å². The molecule has 0 bridgehead atoms. The molecule has 0 aliphatic rings. The first kappa shape index (κ1) is 9.93. The summed E-state index contributed by atoms with van der Waals surface area (Å²) in [5.41, 5.74) is 0.784. The fraction of sp³-hybridized carbons (Fsp3) is 0. The minimum atomic E-state index is -0.466. The summed E-state index contributed by atoms with van der Waals surface area (Å²) in [5, 5.41) is 3.14. The smallest absolute Gasteiger partial charge is 0.167 e. The van der Waals surface area contributed by atoms with Crippen LogP contribution in [0.1, 0.15) is 0 Å². The van der Waals surface area contributed by atoms with E-state index in [0.717, 1.165) is 5.69 Å². The Bertz CT molecular complexity index is 459. The molecule has 2 nitrogen and oxygen atoms in total. The highest BCUT2D eigenvalue weighted by atomic mass is 35.5. The van der Waals surface area contributed by atoms with Crippen LogP contribution in [0, 0.1) is 5.82 Å². The topological polar surface area (TPSA) is 24.9 Å². The summed E-state index contributed by atoms with van der Waals surface area (Å²) in [6.45, 7) is 0. The summed E-state index contributed by atoms with van der Waals surface area (Å²) < 4.78 is 13.3. The molecule has 1 N–H and O–H groups in total. The molecular weight excluding hydrogens is 215 g/mol. The summed E-state index contributed by atoms with van der Waals surface area (Å²) in [6.07, 6.45) is 1.40. The summed E-state index contributed by atoms with van der Waals surface area (Å²) in [4.78, 5) is 3.86. The third-order valence-electron chi connectivity index (χ3n) is 1.84. The van der Waals surface area contributed by atoms with Crippen molar-refractivity contribution in [3.05, 3.63) is 53.4 Å². The largest absolute Gasteiger partial charge is 0.338 e. The normalized spacial score (nSPS) is 10.0. The van der Waals surface area contributed by atoms with E-state index < -0.39 is 5.82 Å². The third kappa shape index (κ3) is 2.44. The molecule has 76 valence electrons. The van der Waals surface area contributed by atoms with Crippen LogP contribution >= 0.6 is 11.6 Å². The van der Waals surface area contributed by atoms with Gasteiger partial charge in [0.1, 0.15) is 0 Å². The molecule has 4 heteroatoms. The van der Waals surface area contributed by atoms with Crippen LogP contribution in [0.3, 0.4) is 0 Å². The van der Waals surface area contributed by atoms with E-state index in [1.807, 2.05) is 30.3 Å². The number of aromatic nitrogens is 1. The van der Waals surface area contributed by atoms with Crippen molar-refractivity contribution in [3.8, 4) is 0 Å². The van der Waals surface area contributed by atoms with Crippen LogP contribution in [0.25, 0.3) is 0 Å². The van der Waals surface area contributed by atoms with E-state index in [4.69, 9.17) is 11.6 Å². The minimum Gasteiger partial charge on any atom is -0.338 e. The molecule has 1 heterocycles. The lowest BCUT2D eigenvalue weighted by Gasteiger charge is -2.05. The molecule has 0 unspecified atom stereocenters. The number of halogens is 2.